The molecule has 4 nitrogen and oxygen atoms in total. The van der Waals surface area contributed by atoms with E-state index < -0.39 is 0 Å². The number of rotatable bonds is 8. The van der Waals surface area contributed by atoms with E-state index in [2.05, 4.69) is 26.5 Å². The van der Waals surface area contributed by atoms with Gasteiger partial charge in [-0.05, 0) is 58.2 Å². The summed E-state index contributed by atoms with van der Waals surface area (Å²) in [5.74, 6) is 1.37. The second kappa shape index (κ2) is 9.78. The molecule has 0 unspecified atom stereocenters. The molecule has 0 fully saturated rings. The van der Waals surface area contributed by atoms with Crippen molar-refractivity contribution in [2.45, 2.75) is 13.5 Å². The predicted molar refractivity (Wildman–Crippen MR) is 114 cm³/mol. The van der Waals surface area contributed by atoms with Crippen LogP contribution in [0.2, 0.25) is 0 Å². The van der Waals surface area contributed by atoms with Crippen molar-refractivity contribution in [1.82, 2.24) is 0 Å². The SMILES string of the molecule is CCOc1cc(C=NNc2ccccc2)cc(Br)c1OCc1ccccc1. The number of para-hydroxylation sites is 1. The minimum Gasteiger partial charge on any atom is -0.490 e. The van der Waals surface area contributed by atoms with Gasteiger partial charge >= 0.3 is 0 Å². The van der Waals surface area contributed by atoms with Crippen molar-refractivity contribution in [2.24, 2.45) is 5.10 Å². The number of hydrazone groups is 1. The Kier molecular flexibility index (Phi) is 6.88. The van der Waals surface area contributed by atoms with Gasteiger partial charge in [0.2, 0.25) is 0 Å². The third kappa shape index (κ3) is 5.59. The van der Waals surface area contributed by atoms with Crippen LogP contribution in [0.3, 0.4) is 0 Å². The summed E-state index contributed by atoms with van der Waals surface area (Å²) in [6.45, 7) is 2.98. The van der Waals surface area contributed by atoms with E-state index in [0.29, 0.717) is 24.7 Å². The molecule has 0 aliphatic rings. The summed E-state index contributed by atoms with van der Waals surface area (Å²) < 4.78 is 12.6. The van der Waals surface area contributed by atoms with Crippen LogP contribution in [0.25, 0.3) is 0 Å². The lowest BCUT2D eigenvalue weighted by atomic mass is 10.2. The summed E-state index contributed by atoms with van der Waals surface area (Å²) in [5.41, 5.74) is 5.94. The molecule has 3 rings (SSSR count). The molecule has 27 heavy (non-hydrogen) atoms. The summed E-state index contributed by atoms with van der Waals surface area (Å²) >= 11 is 3.59. The fourth-order valence-electron chi connectivity index (χ4n) is 2.49. The zero-order chi connectivity index (χ0) is 18.9. The number of hydrogen-bond acceptors (Lipinski definition) is 4. The lowest BCUT2D eigenvalue weighted by molar-refractivity contribution is 0.267. The van der Waals surface area contributed by atoms with Gasteiger partial charge in [-0.2, -0.15) is 5.10 Å². The maximum Gasteiger partial charge on any atom is 0.175 e. The number of nitrogens with zero attached hydrogens (tertiary/aromatic N) is 1. The minimum atomic E-state index is 0.475. The summed E-state index contributed by atoms with van der Waals surface area (Å²) in [6, 6.07) is 23.7. The Bertz CT molecular complexity index is 884. The standard InChI is InChI=1S/C22H21BrN2O2/c1-2-26-21-14-18(15-24-25-19-11-7-4-8-12-19)13-20(23)22(21)27-16-17-9-5-3-6-10-17/h3-15,25H,2,16H2,1H3. The lowest BCUT2D eigenvalue weighted by Gasteiger charge is -2.14. The fraction of sp³-hybridized carbons (Fsp3) is 0.136. The Labute approximate surface area is 168 Å². The first-order valence-corrected chi connectivity index (χ1v) is 9.52. The normalized spacial score (nSPS) is 10.7. The molecule has 0 aromatic heterocycles. The van der Waals surface area contributed by atoms with E-state index in [1.54, 1.807) is 6.21 Å². The first kappa shape index (κ1) is 19.0. The van der Waals surface area contributed by atoms with Crippen LogP contribution in [0.1, 0.15) is 18.1 Å². The maximum absolute atomic E-state index is 6.00. The van der Waals surface area contributed by atoms with Gasteiger partial charge in [-0.15, -0.1) is 0 Å². The summed E-state index contributed by atoms with van der Waals surface area (Å²) in [7, 11) is 0. The zero-order valence-electron chi connectivity index (χ0n) is 15.1. The number of benzene rings is 3. The van der Waals surface area contributed by atoms with Crippen molar-refractivity contribution in [2.75, 3.05) is 12.0 Å². The van der Waals surface area contributed by atoms with E-state index in [-0.39, 0.29) is 0 Å². The number of halogens is 1. The van der Waals surface area contributed by atoms with Crippen LogP contribution in [0.5, 0.6) is 11.5 Å². The van der Waals surface area contributed by atoms with Crippen molar-refractivity contribution in [1.29, 1.82) is 0 Å². The van der Waals surface area contributed by atoms with Crippen molar-refractivity contribution in [3.8, 4) is 11.5 Å². The van der Waals surface area contributed by atoms with Crippen molar-refractivity contribution >= 4 is 27.8 Å². The van der Waals surface area contributed by atoms with E-state index in [4.69, 9.17) is 9.47 Å². The highest BCUT2D eigenvalue weighted by Crippen LogP contribution is 2.37. The molecule has 138 valence electrons. The van der Waals surface area contributed by atoms with Gasteiger partial charge in [0.1, 0.15) is 6.61 Å². The molecule has 3 aromatic rings. The molecule has 0 aliphatic heterocycles. The van der Waals surface area contributed by atoms with E-state index in [0.717, 1.165) is 21.3 Å². The average Bonchev–Trinajstić information content (AvgIpc) is 2.69. The topological polar surface area (TPSA) is 42.8 Å². The molecule has 0 heterocycles. The summed E-state index contributed by atoms with van der Waals surface area (Å²) in [4.78, 5) is 0. The second-order valence-corrected chi connectivity index (χ2v) is 6.63. The van der Waals surface area contributed by atoms with Gasteiger partial charge in [0, 0.05) is 0 Å². The van der Waals surface area contributed by atoms with Crippen molar-refractivity contribution in [3.05, 3.63) is 88.4 Å². The van der Waals surface area contributed by atoms with Crippen molar-refractivity contribution < 1.29 is 9.47 Å². The Hall–Kier alpha value is -2.79. The van der Waals surface area contributed by atoms with Gasteiger partial charge in [-0.25, -0.2) is 0 Å². The lowest BCUT2D eigenvalue weighted by Crippen LogP contribution is -2.01. The molecule has 0 amide bonds. The summed E-state index contributed by atoms with van der Waals surface area (Å²) in [5, 5.41) is 4.29. The molecule has 0 spiro atoms. The molecule has 0 atom stereocenters. The summed E-state index contributed by atoms with van der Waals surface area (Å²) in [6.07, 6.45) is 1.75. The van der Waals surface area contributed by atoms with Gasteiger partial charge in [0.15, 0.2) is 11.5 Å². The molecular weight excluding hydrogens is 404 g/mol. The third-order valence-electron chi connectivity index (χ3n) is 3.74. The van der Waals surface area contributed by atoms with E-state index in [9.17, 15) is 0 Å². The highest BCUT2D eigenvalue weighted by molar-refractivity contribution is 9.10. The number of anilines is 1. The molecule has 0 bridgehead atoms. The van der Waals surface area contributed by atoms with Gasteiger partial charge in [0.25, 0.3) is 0 Å². The molecular formula is C22H21BrN2O2. The van der Waals surface area contributed by atoms with Crippen LogP contribution in [-0.4, -0.2) is 12.8 Å². The van der Waals surface area contributed by atoms with E-state index in [1.165, 1.54) is 0 Å². The van der Waals surface area contributed by atoms with Crippen molar-refractivity contribution in [3.63, 3.8) is 0 Å². The quantitative estimate of drug-likeness (QED) is 0.363. The predicted octanol–water partition coefficient (Wildman–Crippen LogP) is 5.87. The van der Waals surface area contributed by atoms with Gasteiger partial charge in [-0.3, -0.25) is 5.43 Å². The van der Waals surface area contributed by atoms with Gasteiger partial charge < -0.3 is 9.47 Å². The van der Waals surface area contributed by atoms with E-state index in [1.807, 2.05) is 79.7 Å². The monoisotopic (exact) mass is 424 g/mol. The van der Waals surface area contributed by atoms with Gasteiger partial charge in [0.05, 0.1) is 23.0 Å². The van der Waals surface area contributed by atoms with Gasteiger partial charge in [-0.1, -0.05) is 48.5 Å². The largest absolute Gasteiger partial charge is 0.490 e. The van der Waals surface area contributed by atoms with Crippen LogP contribution in [0.4, 0.5) is 5.69 Å². The molecule has 0 aliphatic carbocycles. The smallest absolute Gasteiger partial charge is 0.175 e. The number of nitrogens with one attached hydrogen (secondary N) is 1. The van der Waals surface area contributed by atoms with Crippen LogP contribution >= 0.6 is 15.9 Å². The zero-order valence-corrected chi connectivity index (χ0v) is 16.6. The highest BCUT2D eigenvalue weighted by Gasteiger charge is 2.12. The fourth-order valence-corrected chi connectivity index (χ4v) is 3.06. The molecule has 3 aromatic carbocycles. The van der Waals surface area contributed by atoms with Crippen LogP contribution < -0.4 is 14.9 Å². The molecule has 0 saturated carbocycles. The second-order valence-electron chi connectivity index (χ2n) is 5.77. The van der Waals surface area contributed by atoms with Crippen LogP contribution in [0, 0.1) is 0 Å². The van der Waals surface area contributed by atoms with Crippen LogP contribution in [0.15, 0.2) is 82.4 Å². The maximum atomic E-state index is 6.00. The number of hydrogen-bond donors (Lipinski definition) is 1. The van der Waals surface area contributed by atoms with E-state index >= 15 is 0 Å². The molecule has 5 heteroatoms. The molecule has 0 radical (unpaired) electrons. The Morgan fingerprint density at radius 2 is 1.67 bits per heavy atom. The Balaban J connectivity index is 1.75. The van der Waals surface area contributed by atoms with Crippen LogP contribution in [-0.2, 0) is 6.61 Å². The first-order chi connectivity index (χ1) is 13.3. The first-order valence-electron chi connectivity index (χ1n) is 8.73. The third-order valence-corrected chi connectivity index (χ3v) is 4.33. The molecule has 0 saturated heterocycles. The number of ether oxygens (including phenoxy) is 2. The highest BCUT2D eigenvalue weighted by atomic mass is 79.9. The average molecular weight is 425 g/mol. The Morgan fingerprint density at radius 3 is 2.37 bits per heavy atom. The Morgan fingerprint density at radius 1 is 0.963 bits per heavy atom. The molecule has 1 N–H and O–H groups in total. The minimum absolute atomic E-state index is 0.475.